The molecule has 0 heterocycles. The Labute approximate surface area is 106 Å². The number of allylic oxidation sites excluding steroid dienone is 1. The van der Waals surface area contributed by atoms with Gasteiger partial charge >= 0.3 is 0 Å². The molecule has 0 saturated carbocycles. The van der Waals surface area contributed by atoms with E-state index < -0.39 is 0 Å². The van der Waals surface area contributed by atoms with Gasteiger partial charge in [-0.3, -0.25) is 0 Å². The van der Waals surface area contributed by atoms with Crippen LogP contribution < -0.4 is 5.73 Å². The molecule has 3 heteroatoms. The van der Waals surface area contributed by atoms with Crippen LogP contribution in [0.2, 0.25) is 0 Å². The van der Waals surface area contributed by atoms with Crippen LogP contribution in [0.15, 0.2) is 60.7 Å². The van der Waals surface area contributed by atoms with E-state index in [-0.39, 0.29) is 5.75 Å². The second-order valence-electron chi connectivity index (χ2n) is 3.90. The molecular formula is C15H14N2O. The van der Waals surface area contributed by atoms with Crippen LogP contribution >= 0.6 is 0 Å². The van der Waals surface area contributed by atoms with Gasteiger partial charge in [-0.15, -0.1) is 0 Å². The molecule has 0 radical (unpaired) electrons. The predicted octanol–water partition coefficient (Wildman–Crippen LogP) is 2.76. The molecule has 0 aliphatic heterocycles. The van der Waals surface area contributed by atoms with Crippen molar-refractivity contribution in [1.82, 2.24) is 0 Å². The number of hydrogen-bond acceptors (Lipinski definition) is 3. The van der Waals surface area contributed by atoms with E-state index in [9.17, 15) is 5.11 Å². The van der Waals surface area contributed by atoms with E-state index in [2.05, 4.69) is 0 Å². The maximum atomic E-state index is 9.67. The number of phenolic OH excluding ortho intramolecular Hbond substituents is 1. The van der Waals surface area contributed by atoms with Gasteiger partial charge in [0.1, 0.15) is 5.75 Å². The van der Waals surface area contributed by atoms with Crippen LogP contribution in [-0.2, 0) is 0 Å². The van der Waals surface area contributed by atoms with E-state index in [1.54, 1.807) is 30.3 Å². The lowest BCUT2D eigenvalue weighted by Crippen LogP contribution is -2.02. The first-order valence-corrected chi connectivity index (χ1v) is 5.58. The number of para-hydroxylation sites is 1. The highest BCUT2D eigenvalue weighted by atomic mass is 16.3. The second kappa shape index (κ2) is 5.19. The average Bonchev–Trinajstić information content (AvgIpc) is 2.40. The van der Waals surface area contributed by atoms with Crippen LogP contribution in [0.25, 0.3) is 5.70 Å². The first-order valence-electron chi connectivity index (χ1n) is 5.58. The number of nitrogens with two attached hydrogens (primary N) is 1. The van der Waals surface area contributed by atoms with Crippen LogP contribution in [-0.4, -0.2) is 10.8 Å². The molecule has 0 saturated heterocycles. The summed E-state index contributed by atoms with van der Waals surface area (Å²) in [5.41, 5.74) is 7.92. The normalized spacial score (nSPS) is 11.2. The monoisotopic (exact) mass is 238 g/mol. The molecule has 0 unspecified atom stereocenters. The number of benzene rings is 2. The Bertz CT molecular complexity index is 588. The lowest BCUT2D eigenvalue weighted by molar-refractivity contribution is 0.473. The molecule has 0 fully saturated rings. The van der Waals surface area contributed by atoms with Crippen LogP contribution in [0.4, 0.5) is 0 Å². The van der Waals surface area contributed by atoms with Crippen molar-refractivity contribution >= 4 is 11.4 Å². The summed E-state index contributed by atoms with van der Waals surface area (Å²) in [5.74, 6) is 0.118. The molecule has 0 spiro atoms. The Morgan fingerprint density at radius 3 is 2.28 bits per heavy atom. The molecule has 0 bridgehead atoms. The Morgan fingerprint density at radius 1 is 1.00 bits per heavy atom. The highest BCUT2D eigenvalue weighted by molar-refractivity contribution is 6.10. The van der Waals surface area contributed by atoms with Gasteiger partial charge in [0, 0.05) is 11.3 Å². The van der Waals surface area contributed by atoms with Crippen LogP contribution in [0.3, 0.4) is 0 Å². The number of aromatic hydroxyl groups is 1. The van der Waals surface area contributed by atoms with Crippen molar-refractivity contribution in [3.63, 3.8) is 0 Å². The smallest absolute Gasteiger partial charge is 0.124 e. The molecular weight excluding hydrogens is 224 g/mol. The summed E-state index contributed by atoms with van der Waals surface area (Å²) in [6.45, 7) is 0. The standard InChI is InChI=1S/C15H14N2O/c16-13(11-6-2-1-3-7-11)10-14(17)12-8-4-5-9-15(12)18/h1-10,16,18H,17H2/b14-10-,16-13?. The first kappa shape index (κ1) is 11.9. The minimum absolute atomic E-state index is 0.118. The Kier molecular flexibility index (Phi) is 3.44. The van der Waals surface area contributed by atoms with Gasteiger partial charge in [-0.25, -0.2) is 0 Å². The van der Waals surface area contributed by atoms with Gasteiger partial charge in [0.25, 0.3) is 0 Å². The Balaban J connectivity index is 2.30. The van der Waals surface area contributed by atoms with Crippen molar-refractivity contribution in [2.45, 2.75) is 0 Å². The fourth-order valence-corrected chi connectivity index (χ4v) is 1.65. The number of phenols is 1. The van der Waals surface area contributed by atoms with E-state index in [0.717, 1.165) is 5.56 Å². The Morgan fingerprint density at radius 2 is 1.61 bits per heavy atom. The fourth-order valence-electron chi connectivity index (χ4n) is 1.65. The molecule has 3 nitrogen and oxygen atoms in total. The molecule has 0 aliphatic rings. The molecule has 0 amide bonds. The van der Waals surface area contributed by atoms with E-state index in [0.29, 0.717) is 17.0 Å². The molecule has 0 aliphatic carbocycles. The van der Waals surface area contributed by atoms with Gasteiger partial charge in [-0.2, -0.15) is 0 Å². The highest BCUT2D eigenvalue weighted by Gasteiger charge is 2.04. The van der Waals surface area contributed by atoms with Gasteiger partial charge in [0.15, 0.2) is 0 Å². The van der Waals surface area contributed by atoms with E-state index in [1.165, 1.54) is 0 Å². The van der Waals surface area contributed by atoms with Gasteiger partial charge in [0.2, 0.25) is 0 Å². The SMILES string of the molecule is N=C(/C=C(\N)c1ccccc1O)c1ccccc1. The third-order valence-electron chi connectivity index (χ3n) is 2.60. The van der Waals surface area contributed by atoms with E-state index in [1.807, 2.05) is 30.3 Å². The minimum Gasteiger partial charge on any atom is -0.507 e. The molecule has 0 aromatic heterocycles. The molecule has 2 rings (SSSR count). The number of hydrogen-bond donors (Lipinski definition) is 3. The third kappa shape index (κ3) is 2.58. The zero-order valence-electron chi connectivity index (χ0n) is 9.80. The fraction of sp³-hybridized carbons (Fsp3) is 0. The molecule has 90 valence electrons. The maximum Gasteiger partial charge on any atom is 0.124 e. The largest absolute Gasteiger partial charge is 0.507 e. The summed E-state index contributed by atoms with van der Waals surface area (Å²) < 4.78 is 0. The van der Waals surface area contributed by atoms with Gasteiger partial charge in [-0.05, 0) is 23.8 Å². The van der Waals surface area contributed by atoms with Crippen molar-refractivity contribution < 1.29 is 5.11 Å². The first-order chi connectivity index (χ1) is 8.68. The highest BCUT2D eigenvalue weighted by Crippen LogP contribution is 2.21. The zero-order valence-corrected chi connectivity index (χ0v) is 9.80. The average molecular weight is 238 g/mol. The van der Waals surface area contributed by atoms with Crippen molar-refractivity contribution in [3.05, 3.63) is 71.8 Å². The summed E-state index contributed by atoms with van der Waals surface area (Å²) in [7, 11) is 0. The number of rotatable bonds is 3. The van der Waals surface area contributed by atoms with Gasteiger partial charge < -0.3 is 16.2 Å². The van der Waals surface area contributed by atoms with Crippen molar-refractivity contribution in [3.8, 4) is 5.75 Å². The lowest BCUT2D eigenvalue weighted by Gasteiger charge is -2.05. The summed E-state index contributed by atoms with van der Waals surface area (Å²) in [6.07, 6.45) is 1.55. The van der Waals surface area contributed by atoms with Crippen molar-refractivity contribution in [2.75, 3.05) is 0 Å². The van der Waals surface area contributed by atoms with Crippen LogP contribution in [0.5, 0.6) is 5.75 Å². The van der Waals surface area contributed by atoms with Crippen LogP contribution in [0.1, 0.15) is 11.1 Å². The molecule has 4 N–H and O–H groups in total. The maximum absolute atomic E-state index is 9.67. The third-order valence-corrected chi connectivity index (χ3v) is 2.60. The predicted molar refractivity (Wildman–Crippen MR) is 73.5 cm³/mol. The zero-order chi connectivity index (χ0) is 13.0. The summed E-state index contributed by atoms with van der Waals surface area (Å²) in [6, 6.07) is 16.1. The summed E-state index contributed by atoms with van der Waals surface area (Å²) >= 11 is 0. The summed E-state index contributed by atoms with van der Waals surface area (Å²) in [4.78, 5) is 0. The van der Waals surface area contributed by atoms with E-state index >= 15 is 0 Å². The summed E-state index contributed by atoms with van der Waals surface area (Å²) in [5, 5.41) is 17.6. The van der Waals surface area contributed by atoms with Gasteiger partial charge in [0.05, 0.1) is 5.71 Å². The Hall–Kier alpha value is -2.55. The topological polar surface area (TPSA) is 70.1 Å². The van der Waals surface area contributed by atoms with Crippen molar-refractivity contribution in [1.29, 1.82) is 5.41 Å². The molecule has 2 aromatic rings. The van der Waals surface area contributed by atoms with E-state index in [4.69, 9.17) is 11.1 Å². The molecule has 0 atom stereocenters. The van der Waals surface area contributed by atoms with Crippen LogP contribution in [0, 0.1) is 5.41 Å². The molecule has 18 heavy (non-hydrogen) atoms. The number of nitrogens with one attached hydrogen (secondary N) is 1. The molecule has 2 aromatic carbocycles. The minimum atomic E-state index is 0.118. The lowest BCUT2D eigenvalue weighted by atomic mass is 10.1. The second-order valence-corrected chi connectivity index (χ2v) is 3.90. The van der Waals surface area contributed by atoms with Crippen molar-refractivity contribution in [2.24, 2.45) is 5.73 Å². The van der Waals surface area contributed by atoms with Gasteiger partial charge in [-0.1, -0.05) is 42.5 Å². The quantitative estimate of drug-likeness (QED) is 0.719.